The quantitative estimate of drug-likeness (QED) is 0.577. The molecule has 0 unspecified atom stereocenters. The summed E-state index contributed by atoms with van der Waals surface area (Å²) in [5.41, 5.74) is 0.389. The maximum absolute atomic E-state index is 5.91. The van der Waals surface area contributed by atoms with Gasteiger partial charge in [-0.2, -0.15) is 0 Å². The fourth-order valence-corrected chi connectivity index (χ4v) is 2.03. The number of unbranched alkanes of at least 4 members (excludes halogenated alkanes) is 2. The van der Waals surface area contributed by atoms with Crippen molar-refractivity contribution in [3.8, 4) is 0 Å². The number of hydrogen-bond donors (Lipinski definition) is 0. The minimum Gasteiger partial charge on any atom is -0.376 e. The van der Waals surface area contributed by atoms with Crippen LogP contribution in [0.3, 0.4) is 0 Å². The molecule has 1 heteroatoms. The first-order valence-electron chi connectivity index (χ1n) is 5.91. The number of hydrogen-bond acceptors (Lipinski definition) is 1. The fraction of sp³-hybridized carbons (Fsp3) is 1.00. The van der Waals surface area contributed by atoms with Crippen molar-refractivity contribution in [2.45, 2.75) is 72.8 Å². The minimum absolute atomic E-state index is 0.0337. The highest BCUT2D eigenvalue weighted by Crippen LogP contribution is 2.29. The average Bonchev–Trinajstić information content (AvgIpc) is 1.93. The highest BCUT2D eigenvalue weighted by atomic mass is 16.5. The zero-order chi connectivity index (χ0) is 11.2. The van der Waals surface area contributed by atoms with Gasteiger partial charge in [-0.15, -0.1) is 0 Å². The van der Waals surface area contributed by atoms with Crippen LogP contribution in [0.5, 0.6) is 0 Å². The van der Waals surface area contributed by atoms with Crippen molar-refractivity contribution in [1.82, 2.24) is 0 Å². The monoisotopic (exact) mass is 200 g/mol. The molecule has 0 aromatic heterocycles. The van der Waals surface area contributed by atoms with E-state index in [1.807, 2.05) is 0 Å². The Morgan fingerprint density at radius 1 is 0.929 bits per heavy atom. The van der Waals surface area contributed by atoms with E-state index in [1.54, 1.807) is 0 Å². The summed E-state index contributed by atoms with van der Waals surface area (Å²) in [6, 6.07) is 0. The van der Waals surface area contributed by atoms with Crippen molar-refractivity contribution >= 4 is 0 Å². The summed E-state index contributed by atoms with van der Waals surface area (Å²) in [4.78, 5) is 0. The van der Waals surface area contributed by atoms with Crippen LogP contribution >= 0.6 is 0 Å². The zero-order valence-corrected chi connectivity index (χ0v) is 10.9. The molecule has 86 valence electrons. The van der Waals surface area contributed by atoms with Gasteiger partial charge in [0.15, 0.2) is 0 Å². The van der Waals surface area contributed by atoms with Crippen LogP contribution in [0.15, 0.2) is 0 Å². The molecule has 0 saturated carbocycles. The average molecular weight is 200 g/mol. The van der Waals surface area contributed by atoms with Gasteiger partial charge in [0.1, 0.15) is 0 Å². The second-order valence-corrected chi connectivity index (χ2v) is 6.05. The van der Waals surface area contributed by atoms with Crippen molar-refractivity contribution in [3.63, 3.8) is 0 Å². The first-order chi connectivity index (χ1) is 6.27. The second kappa shape index (κ2) is 5.75. The molecule has 0 heterocycles. The van der Waals surface area contributed by atoms with Gasteiger partial charge in [0.25, 0.3) is 0 Å². The maximum atomic E-state index is 5.91. The van der Waals surface area contributed by atoms with E-state index in [4.69, 9.17) is 4.74 Å². The molecule has 0 saturated heterocycles. The summed E-state index contributed by atoms with van der Waals surface area (Å²) in [7, 11) is 0. The summed E-state index contributed by atoms with van der Waals surface area (Å²) in [6.45, 7) is 14.3. The molecule has 0 aliphatic carbocycles. The van der Waals surface area contributed by atoms with E-state index < -0.39 is 0 Å². The molecular formula is C13H28O. The lowest BCUT2D eigenvalue weighted by Crippen LogP contribution is -2.30. The van der Waals surface area contributed by atoms with Crippen LogP contribution in [0.4, 0.5) is 0 Å². The van der Waals surface area contributed by atoms with Gasteiger partial charge < -0.3 is 4.74 Å². The Hall–Kier alpha value is -0.0400. The Kier molecular flexibility index (Phi) is 5.73. The maximum Gasteiger partial charge on any atom is 0.0631 e. The van der Waals surface area contributed by atoms with E-state index in [0.717, 1.165) is 13.0 Å². The third-order valence-corrected chi connectivity index (χ3v) is 2.20. The normalized spacial score (nSPS) is 13.3. The van der Waals surface area contributed by atoms with Gasteiger partial charge in [0.2, 0.25) is 0 Å². The van der Waals surface area contributed by atoms with Crippen molar-refractivity contribution in [3.05, 3.63) is 0 Å². The van der Waals surface area contributed by atoms with Crippen LogP contribution < -0.4 is 0 Å². The Labute approximate surface area is 90.2 Å². The molecule has 0 bridgehead atoms. The smallest absolute Gasteiger partial charge is 0.0631 e. The van der Waals surface area contributed by atoms with Crippen molar-refractivity contribution in [2.24, 2.45) is 5.41 Å². The molecule has 0 spiro atoms. The molecule has 0 aromatic rings. The first-order valence-corrected chi connectivity index (χ1v) is 5.91. The van der Waals surface area contributed by atoms with E-state index in [1.165, 1.54) is 19.3 Å². The molecule has 0 N–H and O–H groups in total. The van der Waals surface area contributed by atoms with Crippen molar-refractivity contribution in [2.75, 3.05) is 6.61 Å². The van der Waals surface area contributed by atoms with Crippen LogP contribution in [0, 0.1) is 5.41 Å². The summed E-state index contributed by atoms with van der Waals surface area (Å²) >= 11 is 0. The molecule has 0 aliphatic heterocycles. The van der Waals surface area contributed by atoms with E-state index in [0.29, 0.717) is 5.41 Å². The zero-order valence-electron chi connectivity index (χ0n) is 10.9. The molecule has 0 fully saturated rings. The highest BCUT2D eigenvalue weighted by molar-refractivity contribution is 4.76. The standard InChI is InChI=1S/C13H28O/c1-7-8-9-10-14-13(5,6)11-12(2,3)4/h7-11H2,1-6H3. The number of ether oxygens (including phenoxy) is 1. The van der Waals surface area contributed by atoms with Gasteiger partial charge in [-0.3, -0.25) is 0 Å². The third-order valence-electron chi connectivity index (χ3n) is 2.20. The lowest BCUT2D eigenvalue weighted by molar-refractivity contribution is -0.0444. The fourth-order valence-electron chi connectivity index (χ4n) is 2.03. The second-order valence-electron chi connectivity index (χ2n) is 6.05. The van der Waals surface area contributed by atoms with Crippen LogP contribution in [-0.2, 0) is 4.74 Å². The molecule has 0 atom stereocenters. The summed E-state index contributed by atoms with van der Waals surface area (Å²) in [5.74, 6) is 0. The Balaban J connectivity index is 3.72. The molecule has 1 nitrogen and oxygen atoms in total. The topological polar surface area (TPSA) is 9.23 Å². The van der Waals surface area contributed by atoms with Crippen molar-refractivity contribution in [1.29, 1.82) is 0 Å². The summed E-state index contributed by atoms with van der Waals surface area (Å²) in [6.07, 6.45) is 4.87. The van der Waals surface area contributed by atoms with Gasteiger partial charge in [-0.1, -0.05) is 40.5 Å². The Morgan fingerprint density at radius 3 is 1.93 bits per heavy atom. The molecule has 14 heavy (non-hydrogen) atoms. The van der Waals surface area contributed by atoms with Crippen molar-refractivity contribution < 1.29 is 4.74 Å². The predicted octanol–water partition coefficient (Wildman–Crippen LogP) is 4.41. The van der Waals surface area contributed by atoms with Gasteiger partial charge >= 0.3 is 0 Å². The van der Waals surface area contributed by atoms with Gasteiger partial charge in [-0.25, -0.2) is 0 Å². The van der Waals surface area contributed by atoms with Gasteiger partial charge in [-0.05, 0) is 32.1 Å². The lowest BCUT2D eigenvalue weighted by Gasteiger charge is -2.32. The number of rotatable bonds is 6. The predicted molar refractivity (Wildman–Crippen MR) is 63.6 cm³/mol. The summed E-state index contributed by atoms with van der Waals surface area (Å²) < 4.78 is 5.91. The van der Waals surface area contributed by atoms with Crippen LogP contribution in [0.1, 0.15) is 67.2 Å². The SMILES string of the molecule is CCCCCOC(C)(C)CC(C)(C)C. The van der Waals surface area contributed by atoms with Crippen LogP contribution in [0.2, 0.25) is 0 Å². The van der Waals surface area contributed by atoms with Crippen LogP contribution in [-0.4, -0.2) is 12.2 Å². The van der Waals surface area contributed by atoms with E-state index >= 15 is 0 Å². The van der Waals surface area contributed by atoms with Crippen LogP contribution in [0.25, 0.3) is 0 Å². The first kappa shape index (κ1) is 14.0. The van der Waals surface area contributed by atoms with Gasteiger partial charge in [0, 0.05) is 6.61 Å². The Morgan fingerprint density at radius 2 is 1.50 bits per heavy atom. The molecular weight excluding hydrogens is 172 g/mol. The third kappa shape index (κ3) is 8.55. The van der Waals surface area contributed by atoms with E-state index in [2.05, 4.69) is 41.5 Å². The largest absolute Gasteiger partial charge is 0.376 e. The molecule has 0 aromatic carbocycles. The molecule has 0 amide bonds. The van der Waals surface area contributed by atoms with Gasteiger partial charge in [0.05, 0.1) is 5.60 Å². The minimum atomic E-state index is 0.0337. The lowest BCUT2D eigenvalue weighted by atomic mass is 9.83. The molecule has 0 rings (SSSR count). The Bertz CT molecular complexity index is 142. The highest BCUT2D eigenvalue weighted by Gasteiger charge is 2.25. The summed E-state index contributed by atoms with van der Waals surface area (Å²) in [5, 5.41) is 0. The molecule has 0 aliphatic rings. The molecule has 0 radical (unpaired) electrons. The van der Waals surface area contributed by atoms with E-state index in [9.17, 15) is 0 Å². The van der Waals surface area contributed by atoms with E-state index in [-0.39, 0.29) is 5.60 Å².